The predicted molar refractivity (Wildman–Crippen MR) is 132 cm³/mol. The van der Waals surface area contributed by atoms with Gasteiger partial charge in [0.2, 0.25) is 0 Å². The van der Waals surface area contributed by atoms with Crippen LogP contribution in [-0.4, -0.2) is 16.8 Å². The summed E-state index contributed by atoms with van der Waals surface area (Å²) in [5, 5.41) is 4.15. The smallest absolute Gasteiger partial charge is 0.268 e. The van der Waals surface area contributed by atoms with E-state index in [0.717, 1.165) is 38.3 Å². The Labute approximate surface area is 193 Å². The minimum atomic E-state index is -0.537. The number of benzene rings is 1. The van der Waals surface area contributed by atoms with Crippen molar-refractivity contribution in [2.24, 2.45) is 5.73 Å². The van der Waals surface area contributed by atoms with Gasteiger partial charge in [0.05, 0.1) is 11.3 Å². The van der Waals surface area contributed by atoms with Gasteiger partial charge in [-0.3, -0.25) is 9.59 Å². The van der Waals surface area contributed by atoms with Gasteiger partial charge in [-0.1, -0.05) is 38.1 Å². The molecule has 0 aliphatic heterocycles. The van der Waals surface area contributed by atoms with Crippen LogP contribution in [0.2, 0.25) is 0 Å². The second-order valence-electron chi connectivity index (χ2n) is 8.18. The van der Waals surface area contributed by atoms with Crippen LogP contribution in [0.25, 0.3) is 20.7 Å². The number of amides is 2. The molecule has 1 aliphatic rings. The zero-order valence-electron chi connectivity index (χ0n) is 17.7. The number of aromatic nitrogens is 1. The molecule has 162 valence electrons. The molecule has 0 radical (unpaired) electrons. The Hall–Kier alpha value is -3.23. The van der Waals surface area contributed by atoms with Gasteiger partial charge in [-0.2, -0.15) is 0 Å². The molecule has 5 rings (SSSR count). The number of primary amides is 1. The summed E-state index contributed by atoms with van der Waals surface area (Å²) < 4.78 is 0. The highest BCUT2D eigenvalue weighted by Crippen LogP contribution is 2.45. The van der Waals surface area contributed by atoms with Crippen molar-refractivity contribution in [3.63, 3.8) is 0 Å². The first kappa shape index (κ1) is 20.7. The second kappa shape index (κ2) is 7.72. The monoisotopic (exact) mass is 462 g/mol. The van der Waals surface area contributed by atoms with E-state index < -0.39 is 5.91 Å². The largest absolute Gasteiger partial charge is 0.397 e. The fraction of sp³-hybridized carbons (Fsp3) is 0.208. The molecule has 3 heterocycles. The summed E-state index contributed by atoms with van der Waals surface area (Å²) in [6, 6.07) is 12.0. The van der Waals surface area contributed by atoms with Crippen molar-refractivity contribution < 1.29 is 9.59 Å². The van der Waals surface area contributed by atoms with E-state index in [-0.39, 0.29) is 11.8 Å². The first-order valence-corrected chi connectivity index (χ1v) is 12.0. The summed E-state index contributed by atoms with van der Waals surface area (Å²) in [5.74, 6) is -0.617. The van der Waals surface area contributed by atoms with E-state index >= 15 is 0 Å². The minimum absolute atomic E-state index is 0.276. The Morgan fingerprint density at radius 3 is 2.62 bits per heavy atom. The molecule has 0 saturated carbocycles. The molecule has 0 bridgehead atoms. The lowest BCUT2D eigenvalue weighted by atomic mass is 9.89. The number of nitrogens with one attached hydrogen (secondary N) is 1. The van der Waals surface area contributed by atoms with Crippen LogP contribution in [0.5, 0.6) is 0 Å². The number of aryl methyl sites for hydroxylation is 1. The number of carbonyl (C=O) groups excluding carboxylic acids is 2. The number of nitrogens with zero attached hydrogens (tertiary/aromatic N) is 1. The highest BCUT2D eigenvalue weighted by Gasteiger charge is 2.28. The van der Waals surface area contributed by atoms with Gasteiger partial charge < -0.3 is 16.8 Å². The van der Waals surface area contributed by atoms with Crippen LogP contribution in [-0.2, 0) is 12.8 Å². The minimum Gasteiger partial charge on any atom is -0.397 e. The third-order valence-electron chi connectivity index (χ3n) is 5.80. The fourth-order valence-corrected chi connectivity index (χ4v) is 6.46. The average Bonchev–Trinajstić information content (AvgIpc) is 3.31. The maximum absolute atomic E-state index is 13.2. The summed E-state index contributed by atoms with van der Waals surface area (Å²) in [7, 11) is 0. The molecule has 8 heteroatoms. The van der Waals surface area contributed by atoms with E-state index in [1.807, 2.05) is 30.3 Å². The van der Waals surface area contributed by atoms with E-state index in [9.17, 15) is 9.59 Å². The van der Waals surface area contributed by atoms with Crippen molar-refractivity contribution >= 4 is 55.4 Å². The Kier molecular flexibility index (Phi) is 4.98. The number of pyridine rings is 1. The molecule has 0 unspecified atom stereocenters. The highest BCUT2D eigenvalue weighted by atomic mass is 32.1. The van der Waals surface area contributed by atoms with Crippen molar-refractivity contribution in [2.45, 2.75) is 32.6 Å². The lowest BCUT2D eigenvalue weighted by Crippen LogP contribution is -2.18. The zero-order valence-corrected chi connectivity index (χ0v) is 19.3. The van der Waals surface area contributed by atoms with Gasteiger partial charge in [-0.25, -0.2) is 4.98 Å². The van der Waals surface area contributed by atoms with E-state index in [1.165, 1.54) is 28.2 Å². The predicted octanol–water partition coefficient (Wildman–Crippen LogP) is 5.18. The van der Waals surface area contributed by atoms with Crippen LogP contribution in [0.3, 0.4) is 0 Å². The molecule has 4 aromatic rings. The maximum atomic E-state index is 13.2. The molecule has 6 nitrogen and oxygen atoms in total. The van der Waals surface area contributed by atoms with Gasteiger partial charge in [-0.05, 0) is 47.6 Å². The van der Waals surface area contributed by atoms with Crippen LogP contribution in [0, 0.1) is 0 Å². The van der Waals surface area contributed by atoms with Crippen molar-refractivity contribution in [3.05, 3.63) is 63.7 Å². The number of hydrogen-bond donors (Lipinski definition) is 3. The van der Waals surface area contributed by atoms with Crippen LogP contribution in [0.15, 0.2) is 36.4 Å². The standard InChI is InChI=1S/C24H22N4O2S2/c1-11(2)16-10-9-15-18(25)20(32-23(15)27-16)22(30)28-24-17(21(26)29)14-8-7-12-5-3-4-6-13(12)19(14)31-24/h3-6,9-11H,7-8,25H2,1-2H3,(H2,26,29)(H,28,30). The lowest BCUT2D eigenvalue weighted by Gasteiger charge is -2.16. The van der Waals surface area contributed by atoms with Gasteiger partial charge in [0.1, 0.15) is 14.7 Å². The molecule has 0 fully saturated rings. The third-order valence-corrected chi connectivity index (χ3v) is 8.09. The number of hydrogen-bond acceptors (Lipinski definition) is 6. The summed E-state index contributed by atoms with van der Waals surface area (Å²) in [4.78, 5) is 32.3. The third kappa shape index (κ3) is 3.27. The van der Waals surface area contributed by atoms with E-state index in [4.69, 9.17) is 11.5 Å². The Morgan fingerprint density at radius 1 is 1.09 bits per heavy atom. The Morgan fingerprint density at radius 2 is 1.88 bits per heavy atom. The normalized spacial score (nSPS) is 12.6. The first-order valence-electron chi connectivity index (χ1n) is 10.4. The Balaban J connectivity index is 1.55. The van der Waals surface area contributed by atoms with Crippen LogP contribution < -0.4 is 16.8 Å². The Bertz CT molecular complexity index is 1400. The number of carbonyl (C=O) groups is 2. The first-order chi connectivity index (χ1) is 15.3. The maximum Gasteiger partial charge on any atom is 0.268 e. The molecule has 2 amide bonds. The molecular weight excluding hydrogens is 440 g/mol. The number of nitrogen functional groups attached to an aromatic ring is 1. The van der Waals surface area contributed by atoms with Gasteiger partial charge in [0.25, 0.3) is 11.8 Å². The SMILES string of the molecule is CC(C)c1ccc2c(N)c(C(=O)Nc3sc4c(c3C(N)=O)CCc3ccccc3-4)sc2n1. The van der Waals surface area contributed by atoms with Gasteiger partial charge >= 0.3 is 0 Å². The number of rotatable bonds is 4. The molecule has 0 spiro atoms. The molecule has 0 saturated heterocycles. The van der Waals surface area contributed by atoms with Crippen molar-refractivity contribution in [3.8, 4) is 10.4 Å². The highest BCUT2D eigenvalue weighted by molar-refractivity contribution is 7.22. The van der Waals surface area contributed by atoms with E-state index in [0.29, 0.717) is 27.5 Å². The quantitative estimate of drug-likeness (QED) is 0.388. The number of thiophene rings is 2. The summed E-state index contributed by atoms with van der Waals surface area (Å²) >= 11 is 2.65. The lowest BCUT2D eigenvalue weighted by molar-refractivity contribution is 0.100. The summed E-state index contributed by atoms with van der Waals surface area (Å²) in [6.45, 7) is 4.14. The van der Waals surface area contributed by atoms with E-state index in [2.05, 4.69) is 30.2 Å². The number of anilines is 2. The average molecular weight is 463 g/mol. The van der Waals surface area contributed by atoms with Gasteiger partial charge in [-0.15, -0.1) is 22.7 Å². The molecule has 3 aromatic heterocycles. The van der Waals surface area contributed by atoms with Crippen LogP contribution >= 0.6 is 22.7 Å². The molecule has 0 atom stereocenters. The topological polar surface area (TPSA) is 111 Å². The fourth-order valence-electron chi connectivity index (χ4n) is 4.15. The molecule has 32 heavy (non-hydrogen) atoms. The van der Waals surface area contributed by atoms with Crippen molar-refractivity contribution in [1.29, 1.82) is 0 Å². The molecular formula is C24H22N4O2S2. The van der Waals surface area contributed by atoms with Crippen LogP contribution in [0.1, 0.15) is 56.6 Å². The molecule has 1 aromatic carbocycles. The number of fused-ring (bicyclic) bond motifs is 4. The number of nitrogens with two attached hydrogens (primary N) is 2. The second-order valence-corrected chi connectivity index (χ2v) is 10.2. The summed E-state index contributed by atoms with van der Waals surface area (Å²) in [6.07, 6.45) is 1.55. The van der Waals surface area contributed by atoms with Gasteiger partial charge in [0.15, 0.2) is 0 Å². The summed E-state index contributed by atoms with van der Waals surface area (Å²) in [5.41, 5.74) is 17.0. The van der Waals surface area contributed by atoms with Gasteiger partial charge in [0, 0.05) is 16.0 Å². The van der Waals surface area contributed by atoms with E-state index in [1.54, 1.807) is 0 Å². The zero-order chi connectivity index (χ0) is 22.6. The molecule has 1 aliphatic carbocycles. The van der Waals surface area contributed by atoms with Crippen molar-refractivity contribution in [1.82, 2.24) is 4.98 Å². The van der Waals surface area contributed by atoms with Crippen LogP contribution in [0.4, 0.5) is 10.7 Å². The molecule has 5 N–H and O–H groups in total. The van der Waals surface area contributed by atoms with Crippen molar-refractivity contribution in [2.75, 3.05) is 11.1 Å².